The predicted molar refractivity (Wildman–Crippen MR) is 108 cm³/mol. The third-order valence-corrected chi connectivity index (χ3v) is 4.98. The lowest BCUT2D eigenvalue weighted by atomic mass is 10.0. The van der Waals surface area contributed by atoms with E-state index in [0.717, 1.165) is 11.1 Å². The summed E-state index contributed by atoms with van der Waals surface area (Å²) in [6.07, 6.45) is 1.41. The van der Waals surface area contributed by atoms with Gasteiger partial charge < -0.3 is 14.6 Å². The van der Waals surface area contributed by atoms with E-state index in [-0.39, 0.29) is 6.04 Å². The van der Waals surface area contributed by atoms with Crippen LogP contribution in [-0.2, 0) is 22.5 Å². The van der Waals surface area contributed by atoms with Gasteiger partial charge in [-0.3, -0.25) is 4.90 Å². The number of rotatable bonds is 10. The molecule has 0 bridgehead atoms. The van der Waals surface area contributed by atoms with Crippen molar-refractivity contribution in [1.29, 1.82) is 0 Å². The van der Waals surface area contributed by atoms with Gasteiger partial charge in [-0.25, -0.2) is 4.79 Å². The Labute approximate surface area is 166 Å². The summed E-state index contributed by atoms with van der Waals surface area (Å²) < 4.78 is 11.1. The first-order valence-corrected chi connectivity index (χ1v) is 9.60. The van der Waals surface area contributed by atoms with Gasteiger partial charge in [0.15, 0.2) is 0 Å². The average molecular weight is 381 g/mol. The fraction of sp³-hybridized carbons (Fsp3) is 0.348. The second-order valence-electron chi connectivity index (χ2n) is 6.95. The molecule has 1 aliphatic rings. The molecule has 0 aliphatic carbocycles. The molecule has 148 valence electrons. The Kier molecular flexibility index (Phi) is 7.23. The Morgan fingerprint density at radius 1 is 1.14 bits per heavy atom. The highest BCUT2D eigenvalue weighted by atomic mass is 16.6. The maximum Gasteiger partial charge on any atom is 0.410 e. The smallest absolute Gasteiger partial charge is 0.410 e. The Balaban J connectivity index is 1.63. The zero-order valence-corrected chi connectivity index (χ0v) is 15.9. The third-order valence-electron chi connectivity index (χ3n) is 4.98. The molecule has 28 heavy (non-hydrogen) atoms. The van der Waals surface area contributed by atoms with Crippen molar-refractivity contribution >= 4 is 6.09 Å². The number of hydrogen-bond donors (Lipinski definition) is 1. The van der Waals surface area contributed by atoms with E-state index in [1.165, 1.54) is 6.08 Å². The lowest BCUT2D eigenvalue weighted by molar-refractivity contribution is 0.0462. The third kappa shape index (κ3) is 5.21. The van der Waals surface area contributed by atoms with Gasteiger partial charge in [0.2, 0.25) is 0 Å². The van der Waals surface area contributed by atoms with Crippen LogP contribution in [0.3, 0.4) is 0 Å². The van der Waals surface area contributed by atoms with Crippen LogP contribution in [-0.4, -0.2) is 47.5 Å². The molecule has 1 heterocycles. The molecule has 1 saturated heterocycles. The SMILES string of the molecule is C=C[C@@H](O)[C@@H](CCOCc1ccccc1)N1C(=O)OC[C@H]1Cc1ccccc1. The maximum absolute atomic E-state index is 12.4. The second-order valence-corrected chi connectivity index (χ2v) is 6.95. The Morgan fingerprint density at radius 2 is 1.79 bits per heavy atom. The van der Waals surface area contributed by atoms with Gasteiger partial charge in [0.25, 0.3) is 0 Å². The van der Waals surface area contributed by atoms with Crippen molar-refractivity contribution < 1.29 is 19.4 Å². The fourth-order valence-corrected chi connectivity index (χ4v) is 3.52. The van der Waals surface area contributed by atoms with Gasteiger partial charge in [-0.1, -0.05) is 66.7 Å². The minimum atomic E-state index is -0.843. The van der Waals surface area contributed by atoms with Crippen molar-refractivity contribution in [1.82, 2.24) is 4.90 Å². The minimum absolute atomic E-state index is 0.122. The molecule has 5 heteroatoms. The number of cyclic esters (lactones) is 1. The number of aliphatic hydroxyl groups is 1. The first-order chi connectivity index (χ1) is 13.7. The number of amides is 1. The van der Waals surface area contributed by atoms with Crippen LogP contribution in [0.4, 0.5) is 4.79 Å². The highest BCUT2D eigenvalue weighted by Gasteiger charge is 2.40. The van der Waals surface area contributed by atoms with E-state index in [1.807, 2.05) is 60.7 Å². The molecule has 3 atom stereocenters. The molecule has 2 aromatic carbocycles. The van der Waals surface area contributed by atoms with Crippen molar-refractivity contribution in [2.45, 2.75) is 37.6 Å². The van der Waals surface area contributed by atoms with Crippen LogP contribution in [0.1, 0.15) is 17.5 Å². The predicted octanol–water partition coefficient (Wildman–Crippen LogP) is 3.57. The summed E-state index contributed by atoms with van der Waals surface area (Å²) >= 11 is 0. The summed E-state index contributed by atoms with van der Waals surface area (Å²) in [5.41, 5.74) is 2.22. The molecule has 0 unspecified atom stereocenters. The number of benzene rings is 2. The van der Waals surface area contributed by atoms with Gasteiger partial charge in [-0.05, 0) is 24.0 Å². The molecule has 2 aromatic rings. The summed E-state index contributed by atoms with van der Waals surface area (Å²) in [6, 6.07) is 19.3. The largest absolute Gasteiger partial charge is 0.447 e. The molecule has 1 N–H and O–H groups in total. The van der Waals surface area contributed by atoms with Crippen LogP contribution >= 0.6 is 0 Å². The van der Waals surface area contributed by atoms with E-state index in [0.29, 0.717) is 32.7 Å². The van der Waals surface area contributed by atoms with E-state index >= 15 is 0 Å². The van der Waals surface area contributed by atoms with Crippen LogP contribution in [0, 0.1) is 0 Å². The molecule has 5 nitrogen and oxygen atoms in total. The monoisotopic (exact) mass is 381 g/mol. The number of hydrogen-bond acceptors (Lipinski definition) is 4. The topological polar surface area (TPSA) is 59.0 Å². The molecule has 0 spiro atoms. The van der Waals surface area contributed by atoms with Crippen molar-refractivity contribution in [3.63, 3.8) is 0 Å². The van der Waals surface area contributed by atoms with Gasteiger partial charge in [-0.15, -0.1) is 6.58 Å². The molecule has 3 rings (SSSR count). The van der Waals surface area contributed by atoms with Crippen molar-refractivity contribution in [2.24, 2.45) is 0 Å². The Morgan fingerprint density at radius 3 is 2.43 bits per heavy atom. The van der Waals surface area contributed by atoms with Gasteiger partial charge in [-0.2, -0.15) is 0 Å². The lowest BCUT2D eigenvalue weighted by Crippen LogP contribution is -2.49. The van der Waals surface area contributed by atoms with Crippen LogP contribution < -0.4 is 0 Å². The molecular formula is C23H27NO4. The quantitative estimate of drug-likeness (QED) is 0.505. The van der Waals surface area contributed by atoms with E-state index < -0.39 is 18.2 Å². The van der Waals surface area contributed by atoms with Crippen LogP contribution in [0.15, 0.2) is 73.3 Å². The average Bonchev–Trinajstić information content (AvgIpc) is 3.09. The van der Waals surface area contributed by atoms with Crippen molar-refractivity contribution in [3.05, 3.63) is 84.4 Å². The summed E-state index contributed by atoms with van der Waals surface area (Å²) in [5.74, 6) is 0. The van der Waals surface area contributed by atoms with Crippen LogP contribution in [0.2, 0.25) is 0 Å². The van der Waals surface area contributed by atoms with E-state index in [4.69, 9.17) is 9.47 Å². The zero-order chi connectivity index (χ0) is 19.8. The van der Waals surface area contributed by atoms with E-state index in [2.05, 4.69) is 6.58 Å². The summed E-state index contributed by atoms with van der Waals surface area (Å²) in [4.78, 5) is 14.1. The lowest BCUT2D eigenvalue weighted by Gasteiger charge is -2.33. The van der Waals surface area contributed by atoms with Crippen molar-refractivity contribution in [2.75, 3.05) is 13.2 Å². The van der Waals surface area contributed by atoms with Gasteiger partial charge in [0.05, 0.1) is 24.8 Å². The van der Waals surface area contributed by atoms with Gasteiger partial charge in [0.1, 0.15) is 6.61 Å². The Hall–Kier alpha value is -2.63. The minimum Gasteiger partial charge on any atom is -0.447 e. The molecular weight excluding hydrogens is 354 g/mol. The first-order valence-electron chi connectivity index (χ1n) is 9.60. The van der Waals surface area contributed by atoms with Crippen LogP contribution in [0.25, 0.3) is 0 Å². The number of carbonyl (C=O) groups is 1. The van der Waals surface area contributed by atoms with E-state index in [1.54, 1.807) is 4.90 Å². The second kappa shape index (κ2) is 10.1. The highest BCUT2D eigenvalue weighted by molar-refractivity contribution is 5.70. The van der Waals surface area contributed by atoms with E-state index in [9.17, 15) is 9.90 Å². The summed E-state index contributed by atoms with van der Waals surface area (Å²) in [7, 11) is 0. The van der Waals surface area contributed by atoms with Gasteiger partial charge in [0, 0.05) is 6.61 Å². The molecule has 1 aliphatic heterocycles. The van der Waals surface area contributed by atoms with Gasteiger partial charge >= 0.3 is 6.09 Å². The normalized spacial score (nSPS) is 18.5. The maximum atomic E-state index is 12.4. The van der Waals surface area contributed by atoms with Crippen molar-refractivity contribution in [3.8, 4) is 0 Å². The number of carbonyl (C=O) groups excluding carboxylic acids is 1. The molecule has 0 saturated carbocycles. The summed E-state index contributed by atoms with van der Waals surface area (Å²) in [6.45, 7) is 4.93. The molecule has 1 fully saturated rings. The number of aliphatic hydroxyl groups excluding tert-OH is 1. The standard InChI is InChI=1S/C23H27NO4/c1-2-22(25)21(13-14-27-16-19-11-7-4-8-12-19)24-20(17-28-23(24)26)15-18-9-5-3-6-10-18/h2-12,20-22,25H,1,13-17H2/t20-,21-,22-/m1/s1. The first kappa shape index (κ1) is 20.1. The zero-order valence-electron chi connectivity index (χ0n) is 15.9. The summed E-state index contributed by atoms with van der Waals surface area (Å²) in [5, 5.41) is 10.5. The molecule has 1 amide bonds. The molecule has 0 aromatic heterocycles. The number of ether oxygens (including phenoxy) is 2. The van der Waals surface area contributed by atoms with Crippen LogP contribution in [0.5, 0.6) is 0 Å². The fourth-order valence-electron chi connectivity index (χ4n) is 3.52. The highest BCUT2D eigenvalue weighted by Crippen LogP contribution is 2.24. The number of nitrogens with zero attached hydrogens (tertiary/aromatic N) is 1. The Bertz CT molecular complexity index is 750. The molecule has 0 radical (unpaired) electrons.